The lowest BCUT2D eigenvalue weighted by atomic mass is 10.4. The Labute approximate surface area is 122 Å². The molecule has 0 atom stereocenters. The van der Waals surface area contributed by atoms with E-state index in [1.54, 1.807) is 0 Å². The number of hydrogen-bond donors (Lipinski definition) is 1. The summed E-state index contributed by atoms with van der Waals surface area (Å²) in [4.78, 5) is 10.8. The molecule has 9 heteroatoms. The molecule has 4 nitrogen and oxygen atoms in total. The number of nitrogens with zero attached hydrogens (tertiary/aromatic N) is 3. The Bertz CT molecular complexity index is 600. The molecule has 0 unspecified atom stereocenters. The Balaban J connectivity index is 2.00. The third-order valence-electron chi connectivity index (χ3n) is 2.26. The summed E-state index contributed by atoms with van der Waals surface area (Å²) in [7, 11) is 0. The van der Waals surface area contributed by atoms with Gasteiger partial charge in [-0.15, -0.1) is 11.3 Å². The van der Waals surface area contributed by atoms with Crippen LogP contribution in [0.1, 0.15) is 16.5 Å². The van der Waals surface area contributed by atoms with Crippen LogP contribution in [0.15, 0.2) is 11.4 Å². The highest BCUT2D eigenvalue weighted by Gasteiger charge is 2.35. The van der Waals surface area contributed by atoms with Gasteiger partial charge in [0.1, 0.15) is 11.0 Å². The zero-order valence-corrected chi connectivity index (χ0v) is 11.9. The molecule has 0 aliphatic carbocycles. The average Bonchev–Trinajstić information content (AvgIpc) is 2.73. The fourth-order valence-electron chi connectivity index (χ4n) is 1.45. The van der Waals surface area contributed by atoms with Crippen molar-refractivity contribution in [2.24, 2.45) is 0 Å². The molecule has 2 rings (SSSR count). The molecule has 2 aromatic rings. The molecule has 2 heterocycles. The number of rotatable bonds is 4. The summed E-state index contributed by atoms with van der Waals surface area (Å²) in [6.07, 6.45) is -4.02. The highest BCUT2D eigenvalue weighted by molar-refractivity contribution is 7.09. The van der Waals surface area contributed by atoms with E-state index in [1.165, 1.54) is 17.4 Å². The predicted molar refractivity (Wildman–Crippen MR) is 71.1 cm³/mol. The van der Waals surface area contributed by atoms with E-state index in [0.717, 1.165) is 10.7 Å². The summed E-state index contributed by atoms with van der Waals surface area (Å²) in [6.45, 7) is 2.30. The number of thiazole rings is 1. The molecule has 0 aliphatic heterocycles. The fraction of sp³-hybridized carbons (Fsp3) is 0.364. The second-order valence-electron chi connectivity index (χ2n) is 3.96. The second-order valence-corrected chi connectivity index (χ2v) is 5.29. The first-order valence-corrected chi connectivity index (χ1v) is 6.87. The highest BCUT2D eigenvalue weighted by atomic mass is 35.5. The van der Waals surface area contributed by atoms with Crippen LogP contribution in [-0.4, -0.2) is 21.5 Å². The summed E-state index contributed by atoms with van der Waals surface area (Å²) in [5.41, 5.74) is 0.925. The van der Waals surface area contributed by atoms with Gasteiger partial charge in [0.15, 0.2) is 0 Å². The van der Waals surface area contributed by atoms with Gasteiger partial charge in [-0.2, -0.15) is 13.2 Å². The van der Waals surface area contributed by atoms with Crippen molar-refractivity contribution in [2.45, 2.75) is 19.5 Å². The Hall–Kier alpha value is -1.41. The van der Waals surface area contributed by atoms with Crippen molar-refractivity contribution in [1.29, 1.82) is 0 Å². The van der Waals surface area contributed by atoms with Crippen molar-refractivity contribution < 1.29 is 13.2 Å². The smallest absolute Gasteiger partial charge is 0.369 e. The summed E-state index contributed by atoms with van der Waals surface area (Å²) < 4.78 is 37.6. The molecule has 0 aliphatic rings. The van der Waals surface area contributed by atoms with E-state index in [0.29, 0.717) is 13.0 Å². The molecule has 1 N–H and O–H groups in total. The molecular weight excluding hydrogens is 313 g/mol. The van der Waals surface area contributed by atoms with E-state index in [2.05, 4.69) is 20.3 Å². The number of hydrogen-bond acceptors (Lipinski definition) is 5. The van der Waals surface area contributed by atoms with Crippen molar-refractivity contribution in [3.8, 4) is 0 Å². The van der Waals surface area contributed by atoms with E-state index in [-0.39, 0.29) is 11.0 Å². The van der Waals surface area contributed by atoms with Gasteiger partial charge in [0.2, 0.25) is 5.82 Å². The number of aromatic nitrogens is 3. The van der Waals surface area contributed by atoms with Crippen molar-refractivity contribution in [3.63, 3.8) is 0 Å². The molecule has 0 saturated heterocycles. The summed E-state index contributed by atoms with van der Waals surface area (Å²) in [5.74, 6) is -1.21. The third-order valence-corrected chi connectivity index (χ3v) is 3.48. The van der Waals surface area contributed by atoms with Crippen LogP contribution in [0.3, 0.4) is 0 Å². The number of halogens is 4. The zero-order chi connectivity index (χ0) is 14.8. The number of nitrogens with one attached hydrogen (secondary N) is 1. The lowest BCUT2D eigenvalue weighted by Crippen LogP contribution is -2.14. The van der Waals surface area contributed by atoms with Crippen LogP contribution in [0.4, 0.5) is 19.0 Å². The predicted octanol–water partition coefficient (Wildman–Crippen LogP) is 3.57. The molecule has 0 aromatic carbocycles. The molecule has 2 aromatic heterocycles. The summed E-state index contributed by atoms with van der Waals surface area (Å²) in [6, 6.07) is 1.25. The largest absolute Gasteiger partial charge is 0.451 e. The Morgan fingerprint density at radius 3 is 2.65 bits per heavy atom. The summed E-state index contributed by atoms with van der Waals surface area (Å²) >= 11 is 7.06. The monoisotopic (exact) mass is 322 g/mol. The van der Waals surface area contributed by atoms with Gasteiger partial charge in [-0.05, 0) is 6.92 Å². The van der Waals surface area contributed by atoms with E-state index in [9.17, 15) is 13.2 Å². The number of anilines is 1. The average molecular weight is 323 g/mol. The maximum absolute atomic E-state index is 12.5. The number of alkyl halides is 3. The van der Waals surface area contributed by atoms with Crippen LogP contribution in [0.5, 0.6) is 0 Å². The lowest BCUT2D eigenvalue weighted by Gasteiger charge is -2.09. The van der Waals surface area contributed by atoms with Crippen molar-refractivity contribution in [1.82, 2.24) is 15.0 Å². The molecule has 0 radical (unpaired) electrons. The third kappa shape index (κ3) is 4.04. The normalized spacial score (nSPS) is 11.7. The number of aryl methyl sites for hydroxylation is 1. The quantitative estimate of drug-likeness (QED) is 0.874. The molecule has 0 spiro atoms. The van der Waals surface area contributed by atoms with Crippen LogP contribution in [-0.2, 0) is 12.6 Å². The van der Waals surface area contributed by atoms with E-state index in [4.69, 9.17) is 11.6 Å². The molecule has 0 fully saturated rings. The first kappa shape index (κ1) is 15.0. The van der Waals surface area contributed by atoms with E-state index >= 15 is 0 Å². The molecule has 0 bridgehead atoms. The molecule has 108 valence electrons. The first-order valence-electron chi connectivity index (χ1n) is 5.61. The first-order chi connectivity index (χ1) is 9.34. The van der Waals surface area contributed by atoms with E-state index in [1.807, 2.05) is 12.3 Å². The minimum Gasteiger partial charge on any atom is -0.369 e. The van der Waals surface area contributed by atoms with Crippen molar-refractivity contribution in [2.75, 3.05) is 11.9 Å². The van der Waals surface area contributed by atoms with E-state index < -0.39 is 12.0 Å². The summed E-state index contributed by atoms with van der Waals surface area (Å²) in [5, 5.41) is 5.36. The standard InChI is InChI=1S/C11H10ClF3N4S/c1-6-5-20-9(17-6)2-3-16-8-4-7(12)18-10(19-8)11(13,14)15/h4-5H,2-3H2,1H3,(H,16,18,19). The van der Waals surface area contributed by atoms with Crippen molar-refractivity contribution in [3.05, 3.63) is 33.1 Å². The topological polar surface area (TPSA) is 50.7 Å². The highest BCUT2D eigenvalue weighted by Crippen LogP contribution is 2.28. The van der Waals surface area contributed by atoms with Gasteiger partial charge < -0.3 is 5.32 Å². The van der Waals surface area contributed by atoms with Crippen LogP contribution in [0.2, 0.25) is 5.15 Å². The van der Waals surface area contributed by atoms with Crippen LogP contribution >= 0.6 is 22.9 Å². The maximum atomic E-state index is 12.5. The van der Waals surface area contributed by atoms with Gasteiger partial charge >= 0.3 is 6.18 Å². The van der Waals surface area contributed by atoms with Gasteiger partial charge in [0.25, 0.3) is 0 Å². The van der Waals surface area contributed by atoms with Gasteiger partial charge in [0, 0.05) is 30.1 Å². The fourth-order valence-corrected chi connectivity index (χ4v) is 2.41. The Kier molecular flexibility index (Phi) is 4.44. The molecular formula is C11H10ClF3N4S. The molecule has 0 saturated carbocycles. The van der Waals surface area contributed by atoms with Gasteiger partial charge in [0.05, 0.1) is 5.01 Å². The van der Waals surface area contributed by atoms with Gasteiger partial charge in [-0.3, -0.25) is 0 Å². The SMILES string of the molecule is Cc1csc(CCNc2cc(Cl)nc(C(F)(F)F)n2)n1. The van der Waals surface area contributed by atoms with Gasteiger partial charge in [-0.1, -0.05) is 11.6 Å². The van der Waals surface area contributed by atoms with Crippen molar-refractivity contribution >= 4 is 28.8 Å². The Morgan fingerprint density at radius 1 is 1.30 bits per heavy atom. The molecule has 20 heavy (non-hydrogen) atoms. The molecule has 0 amide bonds. The van der Waals surface area contributed by atoms with Gasteiger partial charge in [-0.25, -0.2) is 15.0 Å². The van der Waals surface area contributed by atoms with Crippen LogP contribution in [0, 0.1) is 6.92 Å². The van der Waals surface area contributed by atoms with Crippen LogP contribution in [0.25, 0.3) is 0 Å². The maximum Gasteiger partial charge on any atom is 0.451 e. The zero-order valence-electron chi connectivity index (χ0n) is 10.3. The minimum atomic E-state index is -4.62. The lowest BCUT2D eigenvalue weighted by molar-refractivity contribution is -0.144. The minimum absolute atomic E-state index is 0.0469. The Morgan fingerprint density at radius 2 is 2.05 bits per heavy atom. The second kappa shape index (κ2) is 5.92. The van der Waals surface area contributed by atoms with Crippen LogP contribution < -0.4 is 5.32 Å².